The number of nitrogens with zero attached hydrogens (tertiary/aromatic N) is 2. The fourth-order valence-electron chi connectivity index (χ4n) is 2.35. The van der Waals surface area contributed by atoms with Crippen LogP contribution in [0.25, 0.3) is 10.2 Å². The van der Waals surface area contributed by atoms with Gasteiger partial charge in [-0.2, -0.15) is 0 Å². The number of halogens is 1. The van der Waals surface area contributed by atoms with Gasteiger partial charge in [-0.3, -0.25) is 19.0 Å². The summed E-state index contributed by atoms with van der Waals surface area (Å²) in [6.07, 6.45) is 1.36. The highest BCUT2D eigenvalue weighted by molar-refractivity contribution is 7.16. The minimum atomic E-state index is -0.579. The summed E-state index contributed by atoms with van der Waals surface area (Å²) in [5, 5.41) is 5.44. The van der Waals surface area contributed by atoms with Crippen LogP contribution in [-0.2, 0) is 20.9 Å². The number of fused-ring (bicyclic) bond motifs is 1. The summed E-state index contributed by atoms with van der Waals surface area (Å²) in [6, 6.07) is 6.81. The molecule has 2 heterocycles. The van der Waals surface area contributed by atoms with Gasteiger partial charge >= 0.3 is 5.97 Å². The third-order valence-corrected chi connectivity index (χ3v) is 5.06. The van der Waals surface area contributed by atoms with Crippen LogP contribution in [0.2, 0.25) is 5.02 Å². The van der Waals surface area contributed by atoms with Crippen molar-refractivity contribution in [2.45, 2.75) is 19.9 Å². The van der Waals surface area contributed by atoms with Crippen LogP contribution in [0.1, 0.15) is 12.0 Å². The largest absolute Gasteiger partial charge is 0.456 e. The maximum Gasteiger partial charge on any atom is 0.308 e. The van der Waals surface area contributed by atoms with Crippen LogP contribution in [0.3, 0.4) is 0 Å². The summed E-state index contributed by atoms with van der Waals surface area (Å²) in [4.78, 5) is 40.8. The zero-order chi connectivity index (χ0) is 19.4. The molecule has 3 aromatic rings. The molecule has 0 aliphatic rings. The lowest BCUT2D eigenvalue weighted by molar-refractivity contribution is -0.147. The standard InChI is InChI=1S/C18H16ClN3O4S/c1-11-2-3-12(8-14(11)19)21-15(23)9-26-16(24)4-6-22-10-20-17-13(18(22)25)5-7-27-17/h2-3,5,7-8,10H,4,6,9H2,1H3,(H,21,23). The molecule has 9 heteroatoms. The van der Waals surface area contributed by atoms with Crippen LogP contribution >= 0.6 is 22.9 Å². The van der Waals surface area contributed by atoms with Gasteiger partial charge in [0.15, 0.2) is 6.61 Å². The van der Waals surface area contributed by atoms with Crippen LogP contribution in [0.4, 0.5) is 5.69 Å². The Bertz CT molecular complexity index is 1060. The molecular formula is C18H16ClN3O4S. The Labute approximate surface area is 163 Å². The first-order valence-electron chi connectivity index (χ1n) is 8.08. The summed E-state index contributed by atoms with van der Waals surface area (Å²) < 4.78 is 6.30. The van der Waals surface area contributed by atoms with Crippen LogP contribution in [0, 0.1) is 6.92 Å². The van der Waals surface area contributed by atoms with Crippen molar-refractivity contribution in [3.05, 3.63) is 56.9 Å². The number of benzene rings is 1. The number of hydrogen-bond acceptors (Lipinski definition) is 6. The zero-order valence-electron chi connectivity index (χ0n) is 14.4. The smallest absolute Gasteiger partial charge is 0.308 e. The molecule has 27 heavy (non-hydrogen) atoms. The van der Waals surface area contributed by atoms with Crippen molar-refractivity contribution in [1.29, 1.82) is 0 Å². The second-order valence-corrected chi connectivity index (χ2v) is 7.11. The summed E-state index contributed by atoms with van der Waals surface area (Å²) in [7, 11) is 0. The molecule has 0 aliphatic carbocycles. The van der Waals surface area contributed by atoms with Gasteiger partial charge in [0.2, 0.25) is 0 Å². The van der Waals surface area contributed by atoms with Crippen molar-refractivity contribution in [1.82, 2.24) is 9.55 Å². The highest BCUT2D eigenvalue weighted by atomic mass is 35.5. The van der Waals surface area contributed by atoms with Crippen LogP contribution in [-0.4, -0.2) is 28.0 Å². The number of ether oxygens (including phenoxy) is 1. The number of nitrogens with one attached hydrogen (secondary N) is 1. The fraction of sp³-hybridized carbons (Fsp3) is 0.222. The van der Waals surface area contributed by atoms with E-state index in [0.717, 1.165) is 5.56 Å². The van der Waals surface area contributed by atoms with Crippen molar-refractivity contribution in [3.63, 3.8) is 0 Å². The van der Waals surface area contributed by atoms with E-state index >= 15 is 0 Å². The van der Waals surface area contributed by atoms with Crippen molar-refractivity contribution in [2.75, 3.05) is 11.9 Å². The number of aromatic nitrogens is 2. The maximum absolute atomic E-state index is 12.2. The van der Waals surface area contributed by atoms with Crippen LogP contribution in [0.5, 0.6) is 0 Å². The molecule has 0 aliphatic heterocycles. The van der Waals surface area contributed by atoms with E-state index in [4.69, 9.17) is 16.3 Å². The Morgan fingerprint density at radius 3 is 2.93 bits per heavy atom. The Morgan fingerprint density at radius 2 is 2.15 bits per heavy atom. The molecule has 0 atom stereocenters. The molecular weight excluding hydrogens is 390 g/mol. The second-order valence-electron chi connectivity index (χ2n) is 5.81. The predicted molar refractivity (Wildman–Crippen MR) is 104 cm³/mol. The van der Waals surface area contributed by atoms with E-state index in [9.17, 15) is 14.4 Å². The van der Waals surface area contributed by atoms with E-state index in [1.54, 1.807) is 29.6 Å². The molecule has 0 bridgehead atoms. The van der Waals surface area contributed by atoms with Gasteiger partial charge in [-0.05, 0) is 36.1 Å². The second kappa shape index (κ2) is 8.32. The summed E-state index contributed by atoms with van der Waals surface area (Å²) in [5.41, 5.74) is 1.21. The molecule has 0 unspecified atom stereocenters. The van der Waals surface area contributed by atoms with E-state index in [0.29, 0.717) is 20.9 Å². The fourth-order valence-corrected chi connectivity index (χ4v) is 3.25. The number of hydrogen-bond donors (Lipinski definition) is 1. The van der Waals surface area contributed by atoms with E-state index in [2.05, 4.69) is 10.3 Å². The third kappa shape index (κ3) is 4.72. The summed E-state index contributed by atoms with van der Waals surface area (Å²) in [5.74, 6) is -1.05. The van der Waals surface area contributed by atoms with Gasteiger partial charge in [0.1, 0.15) is 4.83 Å². The minimum Gasteiger partial charge on any atom is -0.456 e. The molecule has 1 N–H and O–H groups in total. The highest BCUT2D eigenvalue weighted by Crippen LogP contribution is 2.19. The topological polar surface area (TPSA) is 90.3 Å². The van der Waals surface area contributed by atoms with Crippen LogP contribution < -0.4 is 10.9 Å². The van der Waals surface area contributed by atoms with Gasteiger partial charge in [-0.15, -0.1) is 11.3 Å². The summed E-state index contributed by atoms with van der Waals surface area (Å²) in [6.45, 7) is 1.57. The number of carbonyl (C=O) groups excluding carboxylic acids is 2. The normalized spacial score (nSPS) is 10.7. The monoisotopic (exact) mass is 405 g/mol. The zero-order valence-corrected chi connectivity index (χ0v) is 16.0. The maximum atomic E-state index is 12.2. The van der Waals surface area contributed by atoms with Crippen molar-refractivity contribution >= 4 is 50.7 Å². The summed E-state index contributed by atoms with van der Waals surface area (Å²) >= 11 is 7.38. The van der Waals surface area contributed by atoms with Gasteiger partial charge in [0.05, 0.1) is 18.1 Å². The molecule has 140 valence electrons. The SMILES string of the molecule is Cc1ccc(NC(=O)COC(=O)CCn2cnc3sccc3c2=O)cc1Cl. The number of carbonyl (C=O) groups is 2. The molecule has 2 aromatic heterocycles. The Kier molecular flexibility index (Phi) is 5.88. The molecule has 0 radical (unpaired) electrons. The first-order chi connectivity index (χ1) is 12.9. The number of amides is 1. The lowest BCUT2D eigenvalue weighted by Gasteiger charge is -2.08. The Morgan fingerprint density at radius 1 is 1.33 bits per heavy atom. The third-order valence-electron chi connectivity index (χ3n) is 3.83. The number of rotatable bonds is 6. The van der Waals surface area contributed by atoms with E-state index in [-0.39, 0.29) is 18.5 Å². The minimum absolute atomic E-state index is 0.0408. The number of aryl methyl sites for hydroxylation is 2. The number of esters is 1. The van der Waals surface area contributed by atoms with Gasteiger partial charge in [-0.1, -0.05) is 17.7 Å². The molecule has 3 rings (SSSR count). The first-order valence-corrected chi connectivity index (χ1v) is 9.34. The van der Waals surface area contributed by atoms with Crippen molar-refractivity contribution < 1.29 is 14.3 Å². The lowest BCUT2D eigenvalue weighted by atomic mass is 10.2. The van der Waals surface area contributed by atoms with E-state index in [1.807, 2.05) is 6.92 Å². The molecule has 7 nitrogen and oxygen atoms in total. The number of anilines is 1. The van der Waals surface area contributed by atoms with Crippen LogP contribution in [0.15, 0.2) is 40.8 Å². The Hall–Kier alpha value is -2.71. The molecule has 1 amide bonds. The molecule has 0 saturated heterocycles. The first kappa shape index (κ1) is 19.1. The Balaban J connectivity index is 1.48. The van der Waals surface area contributed by atoms with Gasteiger partial charge < -0.3 is 10.1 Å². The molecule has 1 aromatic carbocycles. The van der Waals surface area contributed by atoms with Gasteiger partial charge in [-0.25, -0.2) is 4.98 Å². The van der Waals surface area contributed by atoms with E-state index in [1.165, 1.54) is 22.2 Å². The average Bonchev–Trinajstić information content (AvgIpc) is 3.12. The number of thiophene rings is 1. The highest BCUT2D eigenvalue weighted by Gasteiger charge is 2.11. The quantitative estimate of drug-likeness (QED) is 0.636. The molecule has 0 saturated carbocycles. The molecule has 0 fully saturated rings. The average molecular weight is 406 g/mol. The molecule has 0 spiro atoms. The van der Waals surface area contributed by atoms with Crippen molar-refractivity contribution in [3.8, 4) is 0 Å². The lowest BCUT2D eigenvalue weighted by Crippen LogP contribution is -2.24. The predicted octanol–water partition coefficient (Wildman–Crippen LogP) is 2.99. The van der Waals surface area contributed by atoms with Gasteiger partial charge in [0.25, 0.3) is 11.5 Å². The van der Waals surface area contributed by atoms with E-state index < -0.39 is 18.5 Å². The van der Waals surface area contributed by atoms with Gasteiger partial charge in [0, 0.05) is 17.3 Å². The van der Waals surface area contributed by atoms with Crippen molar-refractivity contribution in [2.24, 2.45) is 0 Å².